The Morgan fingerprint density at radius 3 is 2.45 bits per heavy atom. The molecule has 0 spiro atoms. The van der Waals surface area contributed by atoms with Crippen LogP contribution in [0, 0.1) is 0 Å². The molecule has 1 aromatic carbocycles. The van der Waals surface area contributed by atoms with Gasteiger partial charge < -0.3 is 5.32 Å². The fraction of sp³-hybridized carbons (Fsp3) is 0.235. The van der Waals surface area contributed by atoms with Crippen LogP contribution >= 0.6 is 23.4 Å². The van der Waals surface area contributed by atoms with Gasteiger partial charge in [-0.15, -0.1) is 10.2 Å². The van der Waals surface area contributed by atoms with Gasteiger partial charge >= 0.3 is 6.18 Å². The van der Waals surface area contributed by atoms with E-state index >= 15 is 0 Å². The molecule has 0 atom stereocenters. The van der Waals surface area contributed by atoms with E-state index in [9.17, 15) is 26.4 Å². The van der Waals surface area contributed by atoms with Crippen molar-refractivity contribution in [2.24, 2.45) is 0 Å². The molecule has 3 aromatic rings. The fourth-order valence-electron chi connectivity index (χ4n) is 2.44. The maximum atomic E-state index is 13.0. The number of rotatable bonds is 6. The quantitative estimate of drug-likeness (QED) is 0.529. The first-order valence-corrected chi connectivity index (χ1v) is 11.3. The highest BCUT2D eigenvalue weighted by Gasteiger charge is 2.32. The van der Waals surface area contributed by atoms with Crippen LogP contribution in [0.4, 0.5) is 18.9 Å². The van der Waals surface area contributed by atoms with Gasteiger partial charge in [0.2, 0.25) is 15.9 Å². The van der Waals surface area contributed by atoms with Crippen molar-refractivity contribution in [3.8, 4) is 0 Å². The summed E-state index contributed by atoms with van der Waals surface area (Å²) >= 11 is 6.73. The van der Waals surface area contributed by atoms with Crippen molar-refractivity contribution < 1.29 is 26.4 Å². The Morgan fingerprint density at radius 1 is 1.23 bits per heavy atom. The van der Waals surface area contributed by atoms with Gasteiger partial charge in [0.05, 0.1) is 21.2 Å². The first kappa shape index (κ1) is 23.3. The molecule has 0 aliphatic heterocycles. The standard InChI is InChI=1S/C17H15ClF3N5O3S2/c1-25(2)31(28,29)12-5-3-11(4-6-12)22-14(27)9-30-16-24-23-15-13(18)7-10(8-26(15)16)17(19,20)21/h3-8H,9H2,1-2H3,(H,22,27). The van der Waals surface area contributed by atoms with E-state index in [1.54, 1.807) is 0 Å². The van der Waals surface area contributed by atoms with Crippen molar-refractivity contribution in [2.45, 2.75) is 16.2 Å². The number of fused-ring (bicyclic) bond motifs is 1. The van der Waals surface area contributed by atoms with Crippen molar-refractivity contribution in [1.29, 1.82) is 0 Å². The Bertz CT molecular complexity index is 1230. The number of thioether (sulfide) groups is 1. The third-order valence-corrected chi connectivity index (χ3v) is 7.06. The molecule has 0 saturated carbocycles. The Labute approximate surface area is 184 Å². The molecular formula is C17H15ClF3N5O3S2. The Balaban J connectivity index is 1.70. The van der Waals surface area contributed by atoms with Gasteiger partial charge in [-0.25, -0.2) is 12.7 Å². The van der Waals surface area contributed by atoms with E-state index in [1.165, 1.54) is 38.4 Å². The molecule has 0 aliphatic rings. The van der Waals surface area contributed by atoms with Gasteiger partial charge in [-0.2, -0.15) is 13.2 Å². The Hall–Kier alpha value is -2.35. The molecule has 1 N–H and O–H groups in total. The molecule has 8 nitrogen and oxygen atoms in total. The van der Waals surface area contributed by atoms with E-state index in [-0.39, 0.29) is 26.5 Å². The summed E-state index contributed by atoms with van der Waals surface area (Å²) in [5.74, 6) is -0.644. The molecule has 2 heterocycles. The van der Waals surface area contributed by atoms with Crippen LogP contribution in [0.1, 0.15) is 5.56 Å². The number of amides is 1. The van der Waals surface area contributed by atoms with E-state index < -0.39 is 27.7 Å². The monoisotopic (exact) mass is 493 g/mol. The number of alkyl halides is 3. The summed E-state index contributed by atoms with van der Waals surface area (Å²) in [6, 6.07) is 6.32. The number of nitrogens with zero attached hydrogens (tertiary/aromatic N) is 4. The second-order valence-electron chi connectivity index (χ2n) is 6.40. The van der Waals surface area contributed by atoms with Gasteiger partial charge in [0.1, 0.15) is 0 Å². The summed E-state index contributed by atoms with van der Waals surface area (Å²) in [5, 5.41) is 9.96. The highest BCUT2D eigenvalue weighted by atomic mass is 35.5. The maximum absolute atomic E-state index is 13.0. The molecule has 166 valence electrons. The van der Waals surface area contributed by atoms with Crippen LogP contribution in [0.25, 0.3) is 5.65 Å². The number of hydrogen-bond acceptors (Lipinski definition) is 6. The van der Waals surface area contributed by atoms with E-state index in [4.69, 9.17) is 11.6 Å². The van der Waals surface area contributed by atoms with Crippen LogP contribution in [0.15, 0.2) is 46.6 Å². The first-order chi connectivity index (χ1) is 14.4. The average Bonchev–Trinajstić information content (AvgIpc) is 3.09. The molecule has 0 bridgehead atoms. The van der Waals surface area contributed by atoms with Gasteiger partial charge in [-0.1, -0.05) is 23.4 Å². The number of sulfonamides is 1. The molecular weight excluding hydrogens is 479 g/mol. The number of carbonyl (C=O) groups is 1. The maximum Gasteiger partial charge on any atom is 0.417 e. The zero-order chi connectivity index (χ0) is 23.0. The van der Waals surface area contributed by atoms with Gasteiger partial charge in [0.25, 0.3) is 0 Å². The lowest BCUT2D eigenvalue weighted by molar-refractivity contribution is -0.137. The third kappa shape index (κ3) is 5.11. The van der Waals surface area contributed by atoms with Gasteiger partial charge in [0.15, 0.2) is 10.8 Å². The summed E-state index contributed by atoms with van der Waals surface area (Å²) in [6.07, 6.45) is -3.79. The van der Waals surface area contributed by atoms with Crippen molar-refractivity contribution in [3.63, 3.8) is 0 Å². The highest BCUT2D eigenvalue weighted by Crippen LogP contribution is 2.33. The zero-order valence-electron chi connectivity index (χ0n) is 16.0. The summed E-state index contributed by atoms with van der Waals surface area (Å²) in [4.78, 5) is 12.3. The van der Waals surface area contributed by atoms with Gasteiger partial charge in [-0.05, 0) is 30.3 Å². The number of pyridine rings is 1. The number of anilines is 1. The molecule has 0 saturated heterocycles. The summed E-state index contributed by atoms with van der Waals surface area (Å²) in [5.41, 5.74) is -0.573. The number of aromatic nitrogens is 3. The average molecular weight is 494 g/mol. The number of halogens is 4. The lowest BCUT2D eigenvalue weighted by atomic mass is 10.3. The van der Waals surface area contributed by atoms with Crippen molar-refractivity contribution in [3.05, 3.63) is 47.1 Å². The number of carbonyl (C=O) groups excluding carboxylic acids is 1. The predicted molar refractivity (Wildman–Crippen MR) is 110 cm³/mol. The lowest BCUT2D eigenvalue weighted by Gasteiger charge is -2.12. The molecule has 14 heteroatoms. The van der Waals surface area contributed by atoms with Crippen LogP contribution in [0.5, 0.6) is 0 Å². The predicted octanol–water partition coefficient (Wildman–Crippen LogP) is 3.38. The smallest absolute Gasteiger partial charge is 0.325 e. The third-order valence-electron chi connectivity index (χ3n) is 4.00. The topological polar surface area (TPSA) is 96.7 Å². The molecule has 0 aliphatic carbocycles. The highest BCUT2D eigenvalue weighted by molar-refractivity contribution is 7.99. The van der Waals surface area contributed by atoms with Crippen LogP contribution in [0.2, 0.25) is 5.02 Å². The SMILES string of the molecule is CN(C)S(=O)(=O)c1ccc(NC(=O)CSc2nnc3c(Cl)cc(C(F)(F)F)cn23)cc1. The van der Waals surface area contributed by atoms with E-state index in [0.29, 0.717) is 5.69 Å². The minimum absolute atomic E-state index is 0.0373. The second kappa shape index (κ2) is 8.65. The molecule has 3 rings (SSSR count). The molecule has 1 amide bonds. The van der Waals surface area contributed by atoms with E-state index in [1.807, 2.05) is 0 Å². The Morgan fingerprint density at radius 2 is 1.87 bits per heavy atom. The second-order valence-corrected chi connectivity index (χ2v) is 9.90. The molecule has 0 radical (unpaired) electrons. The summed E-state index contributed by atoms with van der Waals surface area (Å²) in [7, 11) is -0.785. The van der Waals surface area contributed by atoms with Crippen molar-refractivity contribution in [2.75, 3.05) is 25.2 Å². The van der Waals surface area contributed by atoms with E-state index in [0.717, 1.165) is 32.7 Å². The minimum atomic E-state index is -4.60. The normalized spacial score (nSPS) is 12.5. The number of nitrogens with one attached hydrogen (secondary N) is 1. The molecule has 31 heavy (non-hydrogen) atoms. The van der Waals surface area contributed by atoms with E-state index in [2.05, 4.69) is 15.5 Å². The number of hydrogen-bond donors (Lipinski definition) is 1. The molecule has 2 aromatic heterocycles. The first-order valence-electron chi connectivity index (χ1n) is 8.46. The van der Waals surface area contributed by atoms with Crippen LogP contribution in [-0.2, 0) is 21.0 Å². The Kier molecular flexibility index (Phi) is 6.51. The van der Waals surface area contributed by atoms with Gasteiger partial charge in [-0.3, -0.25) is 9.20 Å². The van der Waals surface area contributed by atoms with Crippen LogP contribution in [-0.4, -0.2) is 53.1 Å². The van der Waals surface area contributed by atoms with Crippen LogP contribution < -0.4 is 5.32 Å². The van der Waals surface area contributed by atoms with Gasteiger partial charge in [0, 0.05) is 26.0 Å². The van der Waals surface area contributed by atoms with Crippen molar-refractivity contribution >= 4 is 50.6 Å². The number of benzene rings is 1. The summed E-state index contributed by atoms with van der Waals surface area (Å²) < 4.78 is 65.3. The van der Waals surface area contributed by atoms with Crippen LogP contribution in [0.3, 0.4) is 0 Å². The molecule has 0 unspecified atom stereocenters. The lowest BCUT2D eigenvalue weighted by Crippen LogP contribution is -2.22. The molecule has 0 fully saturated rings. The largest absolute Gasteiger partial charge is 0.417 e. The zero-order valence-corrected chi connectivity index (χ0v) is 18.4. The minimum Gasteiger partial charge on any atom is -0.325 e. The van der Waals surface area contributed by atoms with Crippen molar-refractivity contribution in [1.82, 2.24) is 18.9 Å². The fourth-order valence-corrected chi connectivity index (χ4v) is 4.29. The summed E-state index contributed by atoms with van der Waals surface area (Å²) in [6.45, 7) is 0.